The van der Waals surface area contributed by atoms with Crippen LogP contribution in [-0.4, -0.2) is 15.7 Å². The third kappa shape index (κ3) is 3.00. The van der Waals surface area contributed by atoms with Gasteiger partial charge in [-0.3, -0.25) is 10.1 Å². The van der Waals surface area contributed by atoms with Crippen LogP contribution in [0.5, 0.6) is 0 Å². The van der Waals surface area contributed by atoms with E-state index in [0.717, 1.165) is 46.3 Å². The molecule has 0 bridgehead atoms. The minimum Gasteiger partial charge on any atom is -0.258 e. The zero-order valence-corrected chi connectivity index (χ0v) is 14.3. The zero-order valence-electron chi connectivity index (χ0n) is 13.5. The van der Waals surface area contributed by atoms with E-state index in [4.69, 9.17) is 0 Å². The number of hydrogen-bond donors (Lipinski definition) is 0. The monoisotopic (exact) mass is 350 g/mol. The van der Waals surface area contributed by atoms with Crippen molar-refractivity contribution in [3.8, 4) is 22.4 Å². The number of nitrogens with zero attached hydrogens (tertiary/aromatic N) is 3. The number of rotatable bonds is 3. The summed E-state index contributed by atoms with van der Waals surface area (Å²) in [4.78, 5) is 15.5. The highest BCUT2D eigenvalue weighted by Crippen LogP contribution is 2.33. The summed E-state index contributed by atoms with van der Waals surface area (Å²) in [6.07, 6.45) is 2.94. The highest BCUT2D eigenvalue weighted by atomic mass is 32.2. The summed E-state index contributed by atoms with van der Waals surface area (Å²) in [5, 5.41) is 12.2. The highest BCUT2D eigenvalue weighted by Gasteiger charge is 2.27. The van der Waals surface area contributed by atoms with Crippen LogP contribution in [0.25, 0.3) is 22.4 Å². The molecule has 5 nitrogen and oxygen atoms in total. The number of nitro groups is 1. The Hall–Kier alpha value is -2.73. The van der Waals surface area contributed by atoms with Crippen LogP contribution in [0.1, 0.15) is 6.42 Å². The van der Waals surface area contributed by atoms with Crippen molar-refractivity contribution in [1.82, 2.24) is 4.98 Å². The molecule has 124 valence electrons. The van der Waals surface area contributed by atoms with Gasteiger partial charge in [-0.2, -0.15) is 0 Å². The minimum atomic E-state index is -0.348. The Kier molecular flexibility index (Phi) is 4.19. The number of benzene rings is 2. The Morgan fingerprint density at radius 1 is 1.08 bits per heavy atom. The Balaban J connectivity index is 1.98. The van der Waals surface area contributed by atoms with Gasteiger partial charge in [0.1, 0.15) is 5.69 Å². The molecule has 0 N–H and O–H groups in total. The van der Waals surface area contributed by atoms with E-state index in [2.05, 4.69) is 9.55 Å². The fraction of sp³-hybridized carbons (Fsp3) is 0.158. The summed E-state index contributed by atoms with van der Waals surface area (Å²) in [7, 11) is 0. The number of fused-ring (bicyclic) bond motifs is 1. The van der Waals surface area contributed by atoms with E-state index in [1.807, 2.05) is 42.6 Å². The van der Waals surface area contributed by atoms with Gasteiger partial charge in [-0.05, 0) is 28.7 Å². The number of non-ortho nitro benzene ring substituents is 1. The molecule has 0 amide bonds. The van der Waals surface area contributed by atoms with Gasteiger partial charge in [-0.15, -0.1) is 0 Å². The van der Waals surface area contributed by atoms with Crippen molar-refractivity contribution in [1.29, 1.82) is 0 Å². The summed E-state index contributed by atoms with van der Waals surface area (Å²) < 4.78 is 2.19. The molecule has 0 radical (unpaired) electrons. The molecule has 2 aromatic carbocycles. The van der Waals surface area contributed by atoms with Crippen LogP contribution < -0.4 is 4.57 Å². The molecule has 3 aromatic rings. The fourth-order valence-electron chi connectivity index (χ4n) is 3.11. The standard InChI is InChI=1S/C19H16N3O2S/c23-22(24)16-9-4-8-15(12-16)18-17(14-6-2-1-3-7-14)13-20-19-21(18)10-5-11-25-19/h1-4,6-9,12-13H,5,10-11H2/q+1. The first-order valence-electron chi connectivity index (χ1n) is 8.10. The van der Waals surface area contributed by atoms with Crippen LogP contribution in [0.3, 0.4) is 0 Å². The maximum absolute atomic E-state index is 11.2. The first kappa shape index (κ1) is 15.8. The zero-order chi connectivity index (χ0) is 17.2. The average Bonchev–Trinajstić information content (AvgIpc) is 2.68. The molecule has 0 atom stereocenters. The third-order valence-corrected chi connectivity index (χ3v) is 5.31. The summed E-state index contributed by atoms with van der Waals surface area (Å²) in [5.41, 5.74) is 3.99. The number of hydrogen-bond acceptors (Lipinski definition) is 4. The van der Waals surface area contributed by atoms with Crippen molar-refractivity contribution < 1.29 is 9.49 Å². The molecule has 2 heterocycles. The first-order chi connectivity index (χ1) is 12.2. The highest BCUT2D eigenvalue weighted by molar-refractivity contribution is 7.99. The van der Waals surface area contributed by atoms with E-state index in [0.29, 0.717) is 0 Å². The van der Waals surface area contributed by atoms with Crippen LogP contribution >= 0.6 is 11.8 Å². The molecule has 0 aliphatic carbocycles. The van der Waals surface area contributed by atoms with Gasteiger partial charge in [-0.1, -0.05) is 42.5 Å². The lowest BCUT2D eigenvalue weighted by Gasteiger charge is -2.16. The predicted molar refractivity (Wildman–Crippen MR) is 97.3 cm³/mol. The lowest BCUT2D eigenvalue weighted by atomic mass is 10.00. The molecular weight excluding hydrogens is 334 g/mol. The number of nitro benzene ring substituents is 1. The molecule has 4 rings (SSSR count). The molecule has 1 aliphatic rings. The molecule has 0 unspecified atom stereocenters. The second-order valence-electron chi connectivity index (χ2n) is 5.83. The van der Waals surface area contributed by atoms with Crippen LogP contribution in [0, 0.1) is 10.1 Å². The van der Waals surface area contributed by atoms with Crippen molar-refractivity contribution in [2.75, 3.05) is 5.75 Å². The lowest BCUT2D eigenvalue weighted by Crippen LogP contribution is -2.42. The molecule has 0 spiro atoms. The van der Waals surface area contributed by atoms with E-state index >= 15 is 0 Å². The maximum atomic E-state index is 11.2. The molecule has 0 fully saturated rings. The average molecular weight is 350 g/mol. The Labute approximate surface area is 149 Å². The molecule has 1 aliphatic heterocycles. The van der Waals surface area contributed by atoms with Crippen molar-refractivity contribution in [3.63, 3.8) is 0 Å². The SMILES string of the molecule is O=[N+]([O-])c1cccc(-c2c(-c3ccccc3)cnc3[n+]2CCCS3)c1. The smallest absolute Gasteiger partial charge is 0.258 e. The molecule has 1 aromatic heterocycles. The van der Waals surface area contributed by atoms with E-state index < -0.39 is 0 Å². The van der Waals surface area contributed by atoms with E-state index in [-0.39, 0.29) is 10.6 Å². The van der Waals surface area contributed by atoms with Gasteiger partial charge >= 0.3 is 5.16 Å². The predicted octanol–water partition coefficient (Wildman–Crippen LogP) is 4.11. The van der Waals surface area contributed by atoms with Crippen LogP contribution in [0.4, 0.5) is 5.69 Å². The molecule has 0 saturated heterocycles. The summed E-state index contributed by atoms with van der Waals surface area (Å²) in [6.45, 7) is 0.869. The first-order valence-corrected chi connectivity index (χ1v) is 9.08. The number of thioether (sulfide) groups is 1. The van der Waals surface area contributed by atoms with Gasteiger partial charge < -0.3 is 0 Å². The molecule has 25 heavy (non-hydrogen) atoms. The van der Waals surface area contributed by atoms with E-state index in [1.165, 1.54) is 6.07 Å². The topological polar surface area (TPSA) is 59.9 Å². The summed E-state index contributed by atoms with van der Waals surface area (Å²) in [5.74, 6) is 1.05. The van der Waals surface area contributed by atoms with Crippen molar-refractivity contribution in [3.05, 3.63) is 70.9 Å². The summed E-state index contributed by atoms with van der Waals surface area (Å²) >= 11 is 1.73. The van der Waals surface area contributed by atoms with E-state index in [1.54, 1.807) is 23.9 Å². The maximum Gasteiger partial charge on any atom is 0.359 e. The van der Waals surface area contributed by atoms with Gasteiger partial charge in [0.15, 0.2) is 6.20 Å². The normalized spacial score (nSPS) is 13.3. The molecule has 6 heteroatoms. The van der Waals surface area contributed by atoms with Crippen molar-refractivity contribution >= 4 is 17.4 Å². The van der Waals surface area contributed by atoms with Crippen LogP contribution in [0.15, 0.2) is 66.0 Å². The Morgan fingerprint density at radius 3 is 2.68 bits per heavy atom. The van der Waals surface area contributed by atoms with Crippen molar-refractivity contribution in [2.24, 2.45) is 0 Å². The Morgan fingerprint density at radius 2 is 1.88 bits per heavy atom. The minimum absolute atomic E-state index is 0.103. The van der Waals surface area contributed by atoms with Gasteiger partial charge in [-0.25, -0.2) is 4.57 Å². The second-order valence-corrected chi connectivity index (χ2v) is 6.89. The lowest BCUT2D eigenvalue weighted by molar-refractivity contribution is -0.727. The van der Waals surface area contributed by atoms with E-state index in [9.17, 15) is 10.1 Å². The number of aromatic nitrogens is 2. The van der Waals surface area contributed by atoms with Crippen molar-refractivity contribution in [2.45, 2.75) is 18.1 Å². The fourth-order valence-corrected chi connectivity index (χ4v) is 4.03. The molecular formula is C19H16N3O2S+. The van der Waals surface area contributed by atoms with Crippen LogP contribution in [-0.2, 0) is 6.54 Å². The Bertz CT molecular complexity index is 945. The van der Waals surface area contributed by atoms with Gasteiger partial charge in [0.2, 0.25) is 0 Å². The summed E-state index contributed by atoms with van der Waals surface area (Å²) in [6, 6.07) is 16.9. The van der Waals surface area contributed by atoms with Gasteiger partial charge in [0.05, 0.1) is 17.0 Å². The van der Waals surface area contributed by atoms with Gasteiger partial charge in [0, 0.05) is 23.4 Å². The quantitative estimate of drug-likeness (QED) is 0.309. The third-order valence-electron chi connectivity index (χ3n) is 4.23. The van der Waals surface area contributed by atoms with Crippen LogP contribution in [0.2, 0.25) is 0 Å². The molecule has 0 saturated carbocycles. The largest absolute Gasteiger partial charge is 0.359 e. The van der Waals surface area contributed by atoms with Gasteiger partial charge in [0.25, 0.3) is 5.69 Å². The second kappa shape index (κ2) is 6.64.